The first kappa shape index (κ1) is 14.3. The molecule has 1 aromatic carbocycles. The highest BCUT2D eigenvalue weighted by Gasteiger charge is 2.08. The van der Waals surface area contributed by atoms with Crippen LogP contribution in [0.2, 0.25) is 0 Å². The van der Waals surface area contributed by atoms with Gasteiger partial charge in [-0.25, -0.2) is 4.98 Å². The van der Waals surface area contributed by atoms with Crippen LogP contribution in [0.5, 0.6) is 0 Å². The fraction of sp³-hybridized carbons (Fsp3) is 0.353. The van der Waals surface area contributed by atoms with Crippen LogP contribution < -0.4 is 5.32 Å². The molecule has 0 amide bonds. The van der Waals surface area contributed by atoms with E-state index < -0.39 is 0 Å². The van der Waals surface area contributed by atoms with Crippen molar-refractivity contribution >= 4 is 22.4 Å². The van der Waals surface area contributed by atoms with Crippen LogP contribution in [0.25, 0.3) is 11.0 Å². The van der Waals surface area contributed by atoms with Crippen molar-refractivity contribution in [3.8, 4) is 0 Å². The molecule has 2 aromatic heterocycles. The van der Waals surface area contributed by atoms with E-state index in [9.17, 15) is 0 Å². The summed E-state index contributed by atoms with van der Waals surface area (Å²) in [7, 11) is 0. The van der Waals surface area contributed by atoms with Crippen molar-refractivity contribution < 1.29 is 0 Å². The quantitative estimate of drug-likeness (QED) is 0.698. The van der Waals surface area contributed by atoms with Crippen molar-refractivity contribution in [1.29, 1.82) is 0 Å². The van der Waals surface area contributed by atoms with Gasteiger partial charge >= 0.3 is 0 Å². The van der Waals surface area contributed by atoms with Crippen molar-refractivity contribution in [1.82, 2.24) is 14.9 Å². The highest BCUT2D eigenvalue weighted by Crippen LogP contribution is 2.24. The average molecular weight is 299 g/mol. The number of aryl methyl sites for hydroxylation is 1. The van der Waals surface area contributed by atoms with Crippen molar-refractivity contribution in [3.63, 3.8) is 0 Å². The Morgan fingerprint density at radius 1 is 1.29 bits per heavy atom. The highest BCUT2D eigenvalue weighted by atomic mass is 32.1. The van der Waals surface area contributed by atoms with Gasteiger partial charge in [0, 0.05) is 16.3 Å². The number of aromatic nitrogens is 2. The normalized spacial score (nSPS) is 11.3. The second-order valence-corrected chi connectivity index (χ2v) is 6.67. The predicted molar refractivity (Wildman–Crippen MR) is 89.9 cm³/mol. The number of benzene rings is 1. The molecular weight excluding hydrogens is 278 g/mol. The number of rotatable bonds is 6. The van der Waals surface area contributed by atoms with E-state index in [1.165, 1.54) is 27.3 Å². The number of fused-ring (bicyclic) bond motifs is 1. The minimum absolute atomic E-state index is 0.899. The maximum atomic E-state index is 4.47. The number of imidazole rings is 1. The minimum atomic E-state index is 0.899. The summed E-state index contributed by atoms with van der Waals surface area (Å²) in [4.78, 5) is 7.29. The number of para-hydroxylation sites is 2. The maximum absolute atomic E-state index is 4.47. The number of nitrogens with zero attached hydrogens (tertiary/aromatic N) is 2. The lowest BCUT2D eigenvalue weighted by Crippen LogP contribution is -2.12. The summed E-state index contributed by atoms with van der Waals surface area (Å²) in [6, 6.07) is 10.6. The number of nitrogens with one attached hydrogen (secondary N) is 1. The second-order valence-electron chi connectivity index (χ2n) is 5.33. The molecule has 110 valence electrons. The summed E-state index contributed by atoms with van der Waals surface area (Å²) in [5.74, 6) is 0. The largest absolute Gasteiger partial charge is 0.326 e. The molecule has 3 nitrogen and oxygen atoms in total. The third-order valence-electron chi connectivity index (χ3n) is 3.67. The Morgan fingerprint density at radius 3 is 3.00 bits per heavy atom. The zero-order valence-corrected chi connectivity index (χ0v) is 13.4. The first-order valence-corrected chi connectivity index (χ1v) is 8.28. The first-order valence-electron chi connectivity index (χ1n) is 7.46. The summed E-state index contributed by atoms with van der Waals surface area (Å²) in [5.41, 5.74) is 3.67. The molecule has 3 aromatic rings. The second kappa shape index (κ2) is 6.41. The summed E-state index contributed by atoms with van der Waals surface area (Å²) in [6.07, 6.45) is 3.12. The van der Waals surface area contributed by atoms with Gasteiger partial charge in [-0.15, -0.1) is 11.3 Å². The molecule has 0 bridgehead atoms. The molecule has 0 unspecified atom stereocenters. The van der Waals surface area contributed by atoms with Gasteiger partial charge in [-0.1, -0.05) is 19.1 Å². The van der Waals surface area contributed by atoms with Crippen molar-refractivity contribution in [3.05, 3.63) is 52.0 Å². The monoisotopic (exact) mass is 299 g/mol. The van der Waals surface area contributed by atoms with E-state index in [0.717, 1.165) is 25.2 Å². The SMILES string of the molecule is CCCNCc1cc(Cn2cnc3ccccc32)c(C)s1. The molecule has 3 rings (SSSR count). The molecule has 0 fully saturated rings. The fourth-order valence-corrected chi connectivity index (χ4v) is 3.56. The molecule has 0 aliphatic heterocycles. The van der Waals surface area contributed by atoms with Crippen LogP contribution in [-0.4, -0.2) is 16.1 Å². The Morgan fingerprint density at radius 2 is 2.14 bits per heavy atom. The standard InChI is InChI=1S/C17H21N3S/c1-3-8-18-10-15-9-14(13(2)21-15)11-20-12-19-16-6-4-5-7-17(16)20/h4-7,9,12,18H,3,8,10-11H2,1-2H3. The van der Waals surface area contributed by atoms with Crippen LogP contribution in [0.1, 0.15) is 28.7 Å². The van der Waals surface area contributed by atoms with Gasteiger partial charge in [0.1, 0.15) is 0 Å². The lowest BCUT2D eigenvalue weighted by atomic mass is 10.2. The summed E-state index contributed by atoms with van der Waals surface area (Å²) < 4.78 is 2.23. The predicted octanol–water partition coefficient (Wildman–Crippen LogP) is 3.95. The summed E-state index contributed by atoms with van der Waals surface area (Å²) in [6.45, 7) is 7.36. The molecule has 0 aliphatic carbocycles. The first-order chi connectivity index (χ1) is 10.3. The van der Waals surface area contributed by atoms with E-state index in [0.29, 0.717) is 0 Å². The van der Waals surface area contributed by atoms with Gasteiger partial charge in [0.15, 0.2) is 0 Å². The Hall–Kier alpha value is -1.65. The number of hydrogen-bond donors (Lipinski definition) is 1. The van der Waals surface area contributed by atoms with Crippen molar-refractivity contribution in [2.75, 3.05) is 6.54 Å². The Bertz CT molecular complexity index is 727. The van der Waals surface area contributed by atoms with Gasteiger partial charge < -0.3 is 9.88 Å². The topological polar surface area (TPSA) is 29.9 Å². The van der Waals surface area contributed by atoms with Gasteiger partial charge in [-0.2, -0.15) is 0 Å². The van der Waals surface area contributed by atoms with E-state index in [1.807, 2.05) is 23.7 Å². The Kier molecular flexibility index (Phi) is 4.36. The molecule has 4 heteroatoms. The van der Waals surface area contributed by atoms with Crippen LogP contribution in [0, 0.1) is 6.92 Å². The Balaban J connectivity index is 1.78. The van der Waals surface area contributed by atoms with Crippen LogP contribution in [-0.2, 0) is 13.1 Å². The van der Waals surface area contributed by atoms with Gasteiger partial charge in [-0.3, -0.25) is 0 Å². The molecule has 21 heavy (non-hydrogen) atoms. The Labute approximate surface area is 129 Å². The molecule has 0 saturated carbocycles. The van der Waals surface area contributed by atoms with Crippen LogP contribution in [0.4, 0.5) is 0 Å². The van der Waals surface area contributed by atoms with E-state index >= 15 is 0 Å². The summed E-state index contributed by atoms with van der Waals surface area (Å²) in [5, 5.41) is 3.47. The van der Waals surface area contributed by atoms with E-state index in [4.69, 9.17) is 0 Å². The smallest absolute Gasteiger partial charge is 0.0961 e. The highest BCUT2D eigenvalue weighted by molar-refractivity contribution is 7.12. The van der Waals surface area contributed by atoms with E-state index in [2.05, 4.69) is 53.0 Å². The number of hydrogen-bond acceptors (Lipinski definition) is 3. The zero-order valence-electron chi connectivity index (χ0n) is 12.6. The molecule has 0 aliphatic rings. The third-order valence-corrected chi connectivity index (χ3v) is 4.76. The zero-order chi connectivity index (χ0) is 14.7. The lowest BCUT2D eigenvalue weighted by Gasteiger charge is -2.03. The lowest BCUT2D eigenvalue weighted by molar-refractivity contribution is 0.681. The molecule has 0 atom stereocenters. The van der Waals surface area contributed by atoms with Crippen LogP contribution in [0.3, 0.4) is 0 Å². The minimum Gasteiger partial charge on any atom is -0.326 e. The molecule has 2 heterocycles. The third kappa shape index (κ3) is 3.17. The molecular formula is C17H21N3S. The molecule has 0 radical (unpaired) electrons. The van der Waals surface area contributed by atoms with Gasteiger partial charge in [0.25, 0.3) is 0 Å². The van der Waals surface area contributed by atoms with Crippen LogP contribution >= 0.6 is 11.3 Å². The van der Waals surface area contributed by atoms with E-state index in [1.54, 1.807) is 0 Å². The van der Waals surface area contributed by atoms with Gasteiger partial charge in [0.05, 0.1) is 23.9 Å². The molecule has 1 N–H and O–H groups in total. The average Bonchev–Trinajstić information content (AvgIpc) is 3.05. The van der Waals surface area contributed by atoms with E-state index in [-0.39, 0.29) is 0 Å². The van der Waals surface area contributed by atoms with Crippen molar-refractivity contribution in [2.24, 2.45) is 0 Å². The maximum Gasteiger partial charge on any atom is 0.0961 e. The van der Waals surface area contributed by atoms with Crippen LogP contribution in [0.15, 0.2) is 36.7 Å². The molecule has 0 spiro atoms. The molecule has 0 saturated heterocycles. The number of thiophene rings is 1. The van der Waals surface area contributed by atoms with Gasteiger partial charge in [-0.05, 0) is 43.7 Å². The van der Waals surface area contributed by atoms with Gasteiger partial charge in [0.2, 0.25) is 0 Å². The van der Waals surface area contributed by atoms with Crippen molar-refractivity contribution in [2.45, 2.75) is 33.4 Å². The fourth-order valence-electron chi connectivity index (χ4n) is 2.54. The summed E-state index contributed by atoms with van der Waals surface area (Å²) >= 11 is 1.90.